The maximum atomic E-state index is 12.6. The summed E-state index contributed by atoms with van der Waals surface area (Å²) in [6.45, 7) is 2.40. The van der Waals surface area contributed by atoms with Gasteiger partial charge in [0.15, 0.2) is 0 Å². The second-order valence-corrected chi connectivity index (χ2v) is 5.11. The Kier molecular flexibility index (Phi) is 4.16. The van der Waals surface area contributed by atoms with Crippen molar-refractivity contribution in [2.75, 3.05) is 32.9 Å². The van der Waals surface area contributed by atoms with Crippen LogP contribution in [0.15, 0.2) is 24.4 Å². The molecule has 3 N–H and O–H groups in total. The molecule has 0 aliphatic rings. The fraction of sp³-hybridized carbons (Fsp3) is 0.333. The van der Waals surface area contributed by atoms with Gasteiger partial charge in [-0.3, -0.25) is 9.59 Å². The summed E-state index contributed by atoms with van der Waals surface area (Å²) in [4.78, 5) is 30.4. The Labute approximate surface area is 123 Å². The van der Waals surface area contributed by atoms with E-state index >= 15 is 0 Å². The van der Waals surface area contributed by atoms with Crippen LogP contribution in [0, 0.1) is 0 Å². The van der Waals surface area contributed by atoms with Gasteiger partial charge in [-0.25, -0.2) is 0 Å². The number of hydrogen-bond donors (Lipinski definition) is 2. The lowest BCUT2D eigenvalue weighted by Crippen LogP contribution is -2.40. The molecule has 0 radical (unpaired) electrons. The van der Waals surface area contributed by atoms with Crippen LogP contribution in [0.3, 0.4) is 0 Å². The second kappa shape index (κ2) is 5.87. The normalized spacial score (nSPS) is 10.6. The molecule has 1 aromatic carbocycles. The van der Waals surface area contributed by atoms with Gasteiger partial charge >= 0.3 is 0 Å². The Morgan fingerprint density at radius 3 is 2.62 bits per heavy atom. The zero-order chi connectivity index (χ0) is 15.6. The third kappa shape index (κ3) is 2.99. The van der Waals surface area contributed by atoms with Gasteiger partial charge in [-0.1, -0.05) is 0 Å². The van der Waals surface area contributed by atoms with Gasteiger partial charge in [0.2, 0.25) is 5.91 Å². The number of nitrogens with two attached hydrogens (primary N) is 1. The maximum absolute atomic E-state index is 12.6. The minimum absolute atomic E-state index is 0.0734. The molecule has 1 heterocycles. The molecule has 21 heavy (non-hydrogen) atoms. The van der Waals surface area contributed by atoms with Gasteiger partial charge in [-0.05, 0) is 25.1 Å². The smallest absolute Gasteiger partial charge is 0.256 e. The molecule has 0 fully saturated rings. The van der Waals surface area contributed by atoms with Crippen molar-refractivity contribution in [3.8, 4) is 0 Å². The standard InChI is InChI=1S/C15H20N4O2/c1-4-19(9-14(20)18(2)3)15(21)12-8-17-13-7-10(16)5-6-11(12)13/h5-8,17H,4,9,16H2,1-3H3. The topological polar surface area (TPSA) is 82.4 Å². The minimum Gasteiger partial charge on any atom is -0.399 e. The molecule has 0 saturated heterocycles. The molecule has 0 atom stereocenters. The molecule has 2 aromatic rings. The number of nitrogens with one attached hydrogen (secondary N) is 1. The van der Waals surface area contributed by atoms with E-state index in [9.17, 15) is 9.59 Å². The molecule has 2 rings (SSSR count). The van der Waals surface area contributed by atoms with Crippen molar-refractivity contribution >= 4 is 28.4 Å². The van der Waals surface area contributed by atoms with Gasteiger partial charge in [-0.15, -0.1) is 0 Å². The van der Waals surface area contributed by atoms with E-state index < -0.39 is 0 Å². The van der Waals surface area contributed by atoms with Crippen LogP contribution in [0.1, 0.15) is 17.3 Å². The van der Waals surface area contributed by atoms with Crippen molar-refractivity contribution < 1.29 is 9.59 Å². The van der Waals surface area contributed by atoms with E-state index in [-0.39, 0.29) is 18.4 Å². The molecule has 6 heteroatoms. The fourth-order valence-corrected chi connectivity index (χ4v) is 2.12. The number of nitrogen functional groups attached to an aromatic ring is 1. The average molecular weight is 288 g/mol. The Balaban J connectivity index is 2.29. The first-order valence-corrected chi connectivity index (χ1v) is 6.80. The summed E-state index contributed by atoms with van der Waals surface area (Å²) >= 11 is 0. The zero-order valence-electron chi connectivity index (χ0n) is 12.5. The summed E-state index contributed by atoms with van der Waals surface area (Å²) in [6.07, 6.45) is 1.66. The number of benzene rings is 1. The van der Waals surface area contributed by atoms with E-state index in [2.05, 4.69) is 4.98 Å². The summed E-state index contributed by atoms with van der Waals surface area (Å²) < 4.78 is 0. The highest BCUT2D eigenvalue weighted by atomic mass is 16.2. The quantitative estimate of drug-likeness (QED) is 0.832. The van der Waals surface area contributed by atoms with Gasteiger partial charge in [0, 0.05) is 43.4 Å². The third-order valence-corrected chi connectivity index (χ3v) is 3.43. The second-order valence-electron chi connectivity index (χ2n) is 5.11. The Morgan fingerprint density at radius 2 is 2.00 bits per heavy atom. The monoisotopic (exact) mass is 288 g/mol. The zero-order valence-corrected chi connectivity index (χ0v) is 12.5. The molecular weight excluding hydrogens is 268 g/mol. The number of aromatic amines is 1. The van der Waals surface area contributed by atoms with Crippen molar-refractivity contribution in [2.24, 2.45) is 0 Å². The van der Waals surface area contributed by atoms with Crippen molar-refractivity contribution in [3.05, 3.63) is 30.0 Å². The van der Waals surface area contributed by atoms with Crippen LogP contribution in [-0.4, -0.2) is 53.8 Å². The molecule has 2 amide bonds. The largest absolute Gasteiger partial charge is 0.399 e. The van der Waals surface area contributed by atoms with Crippen LogP contribution in [0.5, 0.6) is 0 Å². The van der Waals surface area contributed by atoms with E-state index in [1.165, 1.54) is 9.80 Å². The molecule has 0 saturated carbocycles. The predicted octanol–water partition coefficient (Wildman–Crippen LogP) is 1.30. The Hall–Kier alpha value is -2.50. The van der Waals surface area contributed by atoms with Gasteiger partial charge < -0.3 is 20.5 Å². The average Bonchev–Trinajstić information content (AvgIpc) is 2.86. The number of anilines is 1. The summed E-state index contributed by atoms with van der Waals surface area (Å²) in [6, 6.07) is 5.36. The first kappa shape index (κ1) is 14.9. The Morgan fingerprint density at radius 1 is 1.29 bits per heavy atom. The summed E-state index contributed by atoms with van der Waals surface area (Å²) in [7, 11) is 3.35. The van der Waals surface area contributed by atoms with Crippen LogP contribution >= 0.6 is 0 Å². The number of aromatic nitrogens is 1. The number of H-pyrrole nitrogens is 1. The number of rotatable bonds is 4. The molecular formula is C15H20N4O2. The molecule has 0 unspecified atom stereocenters. The van der Waals surface area contributed by atoms with Crippen molar-refractivity contribution in [1.82, 2.24) is 14.8 Å². The number of hydrogen-bond acceptors (Lipinski definition) is 3. The van der Waals surface area contributed by atoms with Crippen molar-refractivity contribution in [2.45, 2.75) is 6.92 Å². The summed E-state index contributed by atoms with van der Waals surface area (Å²) in [5, 5.41) is 0.810. The van der Waals surface area contributed by atoms with Gasteiger partial charge in [0.05, 0.1) is 12.1 Å². The van der Waals surface area contributed by atoms with E-state index in [1.54, 1.807) is 32.4 Å². The summed E-state index contributed by atoms with van der Waals surface area (Å²) in [5.41, 5.74) is 7.73. The van der Waals surface area contributed by atoms with Gasteiger partial charge in [0.25, 0.3) is 5.91 Å². The highest BCUT2D eigenvalue weighted by Crippen LogP contribution is 2.22. The number of carbonyl (C=O) groups is 2. The third-order valence-electron chi connectivity index (χ3n) is 3.43. The molecule has 0 aliphatic carbocycles. The number of carbonyl (C=O) groups excluding carboxylic acids is 2. The van der Waals surface area contributed by atoms with Crippen LogP contribution in [-0.2, 0) is 4.79 Å². The van der Waals surface area contributed by atoms with Crippen LogP contribution in [0.4, 0.5) is 5.69 Å². The molecule has 0 bridgehead atoms. The van der Waals surface area contributed by atoms with Crippen molar-refractivity contribution in [1.29, 1.82) is 0 Å². The minimum atomic E-state index is -0.163. The van der Waals surface area contributed by atoms with Crippen LogP contribution in [0.25, 0.3) is 10.9 Å². The number of nitrogens with zero attached hydrogens (tertiary/aromatic N) is 2. The molecule has 0 aliphatic heterocycles. The number of amides is 2. The molecule has 6 nitrogen and oxygen atoms in total. The lowest BCUT2D eigenvalue weighted by molar-refractivity contribution is -0.129. The van der Waals surface area contributed by atoms with E-state index in [0.717, 1.165) is 10.9 Å². The fourth-order valence-electron chi connectivity index (χ4n) is 2.12. The molecule has 1 aromatic heterocycles. The molecule has 0 spiro atoms. The molecule has 112 valence electrons. The SMILES string of the molecule is CCN(CC(=O)N(C)C)C(=O)c1c[nH]c2cc(N)ccc12. The first-order chi connectivity index (χ1) is 9.93. The van der Waals surface area contributed by atoms with Gasteiger partial charge in [-0.2, -0.15) is 0 Å². The number of fused-ring (bicyclic) bond motifs is 1. The Bertz CT molecular complexity index is 675. The van der Waals surface area contributed by atoms with E-state index in [1.807, 2.05) is 13.0 Å². The predicted molar refractivity (Wildman–Crippen MR) is 83.0 cm³/mol. The van der Waals surface area contributed by atoms with Crippen LogP contribution < -0.4 is 5.73 Å². The highest BCUT2D eigenvalue weighted by Gasteiger charge is 2.20. The van der Waals surface area contributed by atoms with Crippen LogP contribution in [0.2, 0.25) is 0 Å². The summed E-state index contributed by atoms with van der Waals surface area (Å²) in [5.74, 6) is -0.266. The first-order valence-electron chi connectivity index (χ1n) is 6.80. The highest BCUT2D eigenvalue weighted by molar-refractivity contribution is 6.07. The lowest BCUT2D eigenvalue weighted by Gasteiger charge is -2.22. The van der Waals surface area contributed by atoms with E-state index in [4.69, 9.17) is 5.73 Å². The van der Waals surface area contributed by atoms with E-state index in [0.29, 0.717) is 17.8 Å². The van der Waals surface area contributed by atoms with Gasteiger partial charge in [0.1, 0.15) is 0 Å². The number of likely N-dealkylation sites (N-methyl/N-ethyl adjacent to an activating group) is 2. The van der Waals surface area contributed by atoms with Crippen molar-refractivity contribution in [3.63, 3.8) is 0 Å². The lowest BCUT2D eigenvalue weighted by atomic mass is 10.1. The maximum Gasteiger partial charge on any atom is 0.256 e.